The molecule has 3 nitrogen and oxygen atoms in total. The van der Waals surface area contributed by atoms with E-state index in [0.29, 0.717) is 0 Å². The van der Waals surface area contributed by atoms with Gasteiger partial charge in [-0.2, -0.15) is 0 Å². The first-order chi connectivity index (χ1) is 5.89. The van der Waals surface area contributed by atoms with Gasteiger partial charge in [-0.25, -0.2) is 0 Å². The molecular weight excluding hydrogens is 242 g/mol. The van der Waals surface area contributed by atoms with Gasteiger partial charge in [0.15, 0.2) is 0 Å². The molecule has 1 aliphatic rings. The van der Waals surface area contributed by atoms with E-state index in [1.807, 2.05) is 0 Å². The molecule has 0 bridgehead atoms. The quantitative estimate of drug-likeness (QED) is 0.613. The second-order valence-corrected chi connectivity index (χ2v) is 2.44. The van der Waals surface area contributed by atoms with Crippen LogP contribution in [0.15, 0.2) is 22.3 Å². The van der Waals surface area contributed by atoms with Crippen molar-refractivity contribution in [2.24, 2.45) is 0 Å². The molecule has 0 aliphatic heterocycles. The first-order valence-electron chi connectivity index (χ1n) is 2.52. The van der Waals surface area contributed by atoms with Gasteiger partial charge in [-0.3, -0.25) is 14.4 Å². The summed E-state index contributed by atoms with van der Waals surface area (Å²) < 4.78 is 1.44. The van der Waals surface area contributed by atoms with Crippen molar-refractivity contribution in [3.8, 4) is 0 Å². The standard InChI is InChI=1S/C5H5.3CO.Tc/c1-2-4-5-3-1;3*1-2;/h1-3H,4H2;;;;. The second kappa shape index (κ2) is 22.5. The molecule has 0 spiro atoms. The van der Waals surface area contributed by atoms with Gasteiger partial charge >= 0.3 is 47.6 Å². The van der Waals surface area contributed by atoms with Gasteiger partial charge in [0.05, 0.1) is 0 Å². The Bertz CT molecular complexity index is 138. The van der Waals surface area contributed by atoms with Crippen LogP contribution in [0.4, 0.5) is 0 Å². The van der Waals surface area contributed by atoms with E-state index in [2.05, 4.69) is 57.5 Å². The van der Waals surface area contributed by atoms with Gasteiger partial charge < -0.3 is 0 Å². The molecule has 0 aromatic rings. The molecule has 0 unspecified atom stereocenters. The number of carbonyl (C=O) groups excluding carboxylic acids is 3. The molecule has 0 N–H and O–H groups in total. The number of hydrogen-bond acceptors (Lipinski definition) is 3. The summed E-state index contributed by atoms with van der Waals surface area (Å²) in [4.78, 5) is 22.5. The Hall–Kier alpha value is -0.861. The predicted octanol–water partition coefficient (Wildman–Crippen LogP) is 0.186. The van der Waals surface area contributed by atoms with Crippen LogP contribution in [-0.4, -0.2) is 20.4 Å². The van der Waals surface area contributed by atoms with Crippen LogP contribution in [0.5, 0.6) is 0 Å². The summed E-state index contributed by atoms with van der Waals surface area (Å²) in [7, 11) is 0. The molecule has 62 valence electrons. The third kappa shape index (κ3) is 16.1. The summed E-state index contributed by atoms with van der Waals surface area (Å²) in [5.41, 5.74) is 0. The van der Waals surface area contributed by atoms with Crippen LogP contribution in [0.1, 0.15) is 6.42 Å². The Labute approximate surface area is 82.7 Å². The fourth-order valence-electron chi connectivity index (χ4n) is 0.421. The van der Waals surface area contributed by atoms with Crippen molar-refractivity contribution in [3.63, 3.8) is 0 Å². The van der Waals surface area contributed by atoms with Gasteiger partial charge in [-0.05, 0) is 0 Å². The van der Waals surface area contributed by atoms with Gasteiger partial charge in [0.2, 0.25) is 0 Å². The van der Waals surface area contributed by atoms with Crippen molar-refractivity contribution < 1.29 is 33.3 Å². The van der Waals surface area contributed by atoms with E-state index in [1.54, 1.807) is 0 Å². The maximum absolute atomic E-state index is 7.50. The number of hydrogen-bond donors (Lipinski definition) is 0. The van der Waals surface area contributed by atoms with Crippen molar-refractivity contribution in [1.29, 1.82) is 0 Å². The third-order valence-corrected chi connectivity index (χ3v) is 1.41. The molecule has 0 aromatic heterocycles. The molecular formula is C8H5O3Tc. The van der Waals surface area contributed by atoms with E-state index < -0.39 is 0 Å². The molecule has 1 rings (SSSR count). The first kappa shape index (κ1) is 17.3. The normalized spacial score (nSPS) is 10.2. The van der Waals surface area contributed by atoms with E-state index >= 15 is 0 Å². The Morgan fingerprint density at radius 3 is 1.58 bits per heavy atom. The molecule has 0 saturated carbocycles. The zero-order valence-electron chi connectivity index (χ0n) is 6.04. The van der Waals surface area contributed by atoms with Gasteiger partial charge in [0.25, 0.3) is 20.4 Å². The maximum atomic E-state index is 7.50. The molecule has 4 heteroatoms. The molecule has 1 aliphatic carbocycles. The van der Waals surface area contributed by atoms with E-state index in [9.17, 15) is 0 Å². The molecule has 0 fully saturated rings. The van der Waals surface area contributed by atoms with Crippen LogP contribution in [0.3, 0.4) is 0 Å². The molecule has 0 heterocycles. The summed E-state index contributed by atoms with van der Waals surface area (Å²) in [6, 6.07) is 0. The first-order valence-corrected chi connectivity index (χ1v) is 3.45. The minimum atomic E-state index is 1.15. The van der Waals surface area contributed by atoms with Crippen LogP contribution in [0, 0.1) is 0 Å². The molecule has 0 saturated heterocycles. The molecule has 0 atom stereocenters. The Morgan fingerprint density at radius 1 is 1.08 bits per heavy atom. The third-order valence-electron chi connectivity index (χ3n) is 0.726. The second-order valence-electron chi connectivity index (χ2n) is 1.25. The van der Waals surface area contributed by atoms with Gasteiger partial charge in [0.1, 0.15) is 0 Å². The molecule has 0 aromatic carbocycles. The van der Waals surface area contributed by atoms with E-state index in [4.69, 9.17) is 14.4 Å². The average molecular weight is 247 g/mol. The fraction of sp³-hybridized carbons (Fsp3) is 0.125. The fourth-order valence-corrected chi connectivity index (χ4v) is 0.819. The van der Waals surface area contributed by atoms with Gasteiger partial charge in [-0.15, -0.1) is 0 Å². The summed E-state index contributed by atoms with van der Waals surface area (Å²) in [5.74, 6) is 0. The Morgan fingerprint density at radius 2 is 1.50 bits per heavy atom. The van der Waals surface area contributed by atoms with E-state index in [1.165, 1.54) is 4.09 Å². The van der Waals surface area contributed by atoms with Gasteiger partial charge in [-0.1, -0.05) is 0 Å². The van der Waals surface area contributed by atoms with Crippen LogP contribution >= 0.6 is 0 Å². The summed E-state index contributed by atoms with van der Waals surface area (Å²) in [6.07, 6.45) is 7.52. The van der Waals surface area contributed by atoms with Gasteiger partial charge in [0, 0.05) is 0 Å². The summed E-state index contributed by atoms with van der Waals surface area (Å²) in [6.45, 7) is 13.5. The Kier molecular flexibility index (Phi) is 32.4. The van der Waals surface area contributed by atoms with Crippen molar-refractivity contribution >= 4 is 20.4 Å². The van der Waals surface area contributed by atoms with Crippen LogP contribution in [0.2, 0.25) is 0 Å². The summed E-state index contributed by atoms with van der Waals surface area (Å²) >= 11 is 2.33. The SMILES string of the molecule is [C]=O.[C]=O.[C]=O.[Tc][C]1=CC=CC1. The van der Waals surface area contributed by atoms with E-state index in [0.717, 1.165) is 6.42 Å². The monoisotopic (exact) mass is 246 g/mol. The van der Waals surface area contributed by atoms with Crippen molar-refractivity contribution in [1.82, 2.24) is 0 Å². The topological polar surface area (TPSA) is 51.2 Å². The average Bonchev–Trinajstić information content (AvgIpc) is 2.66. The zero-order chi connectivity index (χ0) is 10.4. The van der Waals surface area contributed by atoms with Crippen LogP contribution in [-0.2, 0) is 33.3 Å². The van der Waals surface area contributed by atoms with E-state index in [-0.39, 0.29) is 0 Å². The van der Waals surface area contributed by atoms with Crippen LogP contribution < -0.4 is 0 Å². The summed E-state index contributed by atoms with van der Waals surface area (Å²) in [5, 5.41) is 0. The zero-order valence-corrected chi connectivity index (χ0v) is 7.90. The van der Waals surface area contributed by atoms with Crippen molar-refractivity contribution in [2.45, 2.75) is 6.42 Å². The number of rotatable bonds is 0. The number of allylic oxidation sites excluding steroid dienone is 4. The van der Waals surface area contributed by atoms with Crippen molar-refractivity contribution in [3.05, 3.63) is 22.3 Å². The molecule has 12 heavy (non-hydrogen) atoms. The Balaban J connectivity index is -0.000000117. The van der Waals surface area contributed by atoms with Crippen LogP contribution in [0.25, 0.3) is 0 Å². The molecule has 0 amide bonds. The predicted molar refractivity (Wildman–Crippen MR) is 38.9 cm³/mol. The molecule has 6 radical (unpaired) electrons. The van der Waals surface area contributed by atoms with Crippen molar-refractivity contribution in [2.75, 3.05) is 0 Å². The minimum absolute atomic E-state index is 1.15.